The number of carbonyl (C=O) groups is 1. The Morgan fingerprint density at radius 3 is 2.59 bits per heavy atom. The summed E-state index contributed by atoms with van der Waals surface area (Å²) < 4.78 is 0. The lowest BCUT2D eigenvalue weighted by Crippen LogP contribution is -1.97. The van der Waals surface area contributed by atoms with E-state index in [-0.39, 0.29) is 5.78 Å². The smallest absolute Gasteiger partial charge is 0.178 e. The second kappa shape index (κ2) is 4.97. The summed E-state index contributed by atoms with van der Waals surface area (Å²) in [5.41, 5.74) is 2.06. The highest BCUT2D eigenvalue weighted by Crippen LogP contribution is 2.24. The molecule has 0 unspecified atom stereocenters. The summed E-state index contributed by atoms with van der Waals surface area (Å²) >= 11 is 6.02. The topological polar surface area (TPSA) is 42.0 Å². The molecule has 0 atom stereocenters. The Bertz CT molecular complexity index is 537. The van der Waals surface area contributed by atoms with Crippen LogP contribution >= 0.6 is 11.6 Å². The Morgan fingerprint density at radius 1 is 1.24 bits per heavy atom. The van der Waals surface area contributed by atoms with Gasteiger partial charge in [-0.05, 0) is 24.3 Å². The minimum atomic E-state index is -0.0470. The third-order valence-corrected chi connectivity index (χ3v) is 2.61. The van der Waals surface area contributed by atoms with E-state index in [4.69, 9.17) is 11.6 Å². The second-order valence-electron chi connectivity index (χ2n) is 3.59. The molecule has 0 aliphatic heterocycles. The highest BCUT2D eigenvalue weighted by Gasteiger charge is 2.02. The molecule has 1 N–H and O–H groups in total. The number of pyridine rings is 1. The minimum absolute atomic E-state index is 0.0470. The van der Waals surface area contributed by atoms with E-state index >= 15 is 0 Å². The van der Waals surface area contributed by atoms with Gasteiger partial charge in [0.15, 0.2) is 5.78 Å². The van der Waals surface area contributed by atoms with Crippen LogP contribution in [-0.4, -0.2) is 10.8 Å². The van der Waals surface area contributed by atoms with E-state index in [1.165, 1.54) is 6.92 Å². The van der Waals surface area contributed by atoms with Crippen molar-refractivity contribution in [2.24, 2.45) is 0 Å². The van der Waals surface area contributed by atoms with Gasteiger partial charge in [0, 0.05) is 6.92 Å². The summed E-state index contributed by atoms with van der Waals surface area (Å²) in [5, 5.41) is 3.77. The van der Waals surface area contributed by atoms with Gasteiger partial charge in [-0.2, -0.15) is 0 Å². The summed E-state index contributed by atoms with van der Waals surface area (Å²) in [6, 6.07) is 10.9. The molecule has 0 spiro atoms. The molecule has 4 heteroatoms. The zero-order valence-corrected chi connectivity index (χ0v) is 10.0. The Labute approximate surface area is 104 Å². The van der Waals surface area contributed by atoms with Gasteiger partial charge >= 0.3 is 0 Å². The van der Waals surface area contributed by atoms with Crippen LogP contribution in [0.2, 0.25) is 5.02 Å². The summed E-state index contributed by atoms with van der Waals surface area (Å²) in [6.45, 7) is 1.49. The number of ketones is 1. The molecule has 1 heterocycles. The van der Waals surface area contributed by atoms with Gasteiger partial charge in [-0.25, -0.2) is 0 Å². The van der Waals surface area contributed by atoms with Crippen LogP contribution in [0, 0.1) is 0 Å². The monoisotopic (exact) mass is 246 g/mol. The van der Waals surface area contributed by atoms with Gasteiger partial charge < -0.3 is 5.32 Å². The van der Waals surface area contributed by atoms with Crippen LogP contribution in [0.5, 0.6) is 0 Å². The highest BCUT2D eigenvalue weighted by atomic mass is 35.5. The number of Topliss-reactive ketones (excluding diaryl/α,β-unsaturated/α-hetero) is 1. The quantitative estimate of drug-likeness (QED) is 0.840. The molecular formula is C13H11ClN2O. The molecule has 0 bridgehead atoms. The maximum Gasteiger partial charge on any atom is 0.178 e. The van der Waals surface area contributed by atoms with Crippen molar-refractivity contribution in [2.45, 2.75) is 6.92 Å². The van der Waals surface area contributed by atoms with Crippen LogP contribution in [-0.2, 0) is 0 Å². The lowest BCUT2D eigenvalue weighted by atomic mass is 10.2. The number of benzene rings is 1. The zero-order chi connectivity index (χ0) is 12.3. The van der Waals surface area contributed by atoms with Crippen LogP contribution in [0.25, 0.3) is 0 Å². The van der Waals surface area contributed by atoms with Gasteiger partial charge in [-0.1, -0.05) is 23.7 Å². The molecule has 1 aromatic carbocycles. The van der Waals surface area contributed by atoms with E-state index in [0.717, 1.165) is 11.4 Å². The van der Waals surface area contributed by atoms with E-state index in [9.17, 15) is 4.79 Å². The lowest BCUT2D eigenvalue weighted by molar-refractivity contribution is 0.101. The predicted octanol–water partition coefficient (Wildman–Crippen LogP) is 3.68. The fourth-order valence-electron chi connectivity index (χ4n) is 1.39. The molecule has 0 saturated carbocycles. The molecule has 2 rings (SSSR count). The molecule has 0 aliphatic rings. The average molecular weight is 247 g/mol. The molecular weight excluding hydrogens is 236 g/mol. The maximum absolute atomic E-state index is 11.1. The van der Waals surface area contributed by atoms with Crippen molar-refractivity contribution in [3.63, 3.8) is 0 Å². The Balaban J connectivity index is 2.20. The van der Waals surface area contributed by atoms with E-state index in [0.29, 0.717) is 10.7 Å². The number of nitrogens with one attached hydrogen (secondary N) is 1. The number of aromatic nitrogens is 1. The highest BCUT2D eigenvalue weighted by molar-refractivity contribution is 6.33. The number of hydrogen-bond acceptors (Lipinski definition) is 3. The molecule has 0 amide bonds. The number of anilines is 2. The van der Waals surface area contributed by atoms with E-state index < -0.39 is 0 Å². The number of hydrogen-bond donors (Lipinski definition) is 1. The van der Waals surface area contributed by atoms with Crippen LogP contribution < -0.4 is 5.32 Å². The minimum Gasteiger partial charge on any atom is -0.353 e. The SMILES string of the molecule is CC(=O)c1ccc(Nc2ccccc2Cl)cn1. The van der Waals surface area contributed by atoms with Gasteiger partial charge in [-0.3, -0.25) is 9.78 Å². The molecule has 0 saturated heterocycles. The molecule has 0 fully saturated rings. The van der Waals surface area contributed by atoms with Crippen LogP contribution in [0.3, 0.4) is 0 Å². The predicted molar refractivity (Wildman–Crippen MR) is 69.0 cm³/mol. The van der Waals surface area contributed by atoms with Crippen LogP contribution in [0.15, 0.2) is 42.6 Å². The lowest BCUT2D eigenvalue weighted by Gasteiger charge is -2.07. The molecule has 3 nitrogen and oxygen atoms in total. The first-order chi connectivity index (χ1) is 8.16. The van der Waals surface area contributed by atoms with Crippen molar-refractivity contribution in [3.8, 4) is 0 Å². The standard InChI is InChI=1S/C13H11ClN2O/c1-9(17)12-7-6-10(8-15-12)16-13-5-3-2-4-11(13)14/h2-8,16H,1H3. The fourth-order valence-corrected chi connectivity index (χ4v) is 1.58. The number of rotatable bonds is 3. The van der Waals surface area contributed by atoms with Gasteiger partial charge in [0.1, 0.15) is 5.69 Å². The maximum atomic E-state index is 11.1. The van der Waals surface area contributed by atoms with Crippen molar-refractivity contribution in [1.82, 2.24) is 4.98 Å². The van der Waals surface area contributed by atoms with Crippen molar-refractivity contribution >= 4 is 28.8 Å². The first-order valence-corrected chi connectivity index (χ1v) is 5.53. The summed E-state index contributed by atoms with van der Waals surface area (Å²) in [4.78, 5) is 15.1. The van der Waals surface area contributed by atoms with E-state index in [1.807, 2.05) is 18.2 Å². The third kappa shape index (κ3) is 2.82. The number of nitrogens with zero attached hydrogens (tertiary/aromatic N) is 1. The van der Waals surface area contributed by atoms with E-state index in [2.05, 4.69) is 10.3 Å². The first kappa shape index (κ1) is 11.6. The number of carbonyl (C=O) groups excluding carboxylic acids is 1. The number of halogens is 1. The van der Waals surface area contributed by atoms with Crippen molar-refractivity contribution in [3.05, 3.63) is 53.3 Å². The normalized spacial score (nSPS) is 10.0. The Morgan fingerprint density at radius 2 is 2.00 bits per heavy atom. The van der Waals surface area contributed by atoms with Gasteiger partial charge in [0.05, 0.1) is 22.6 Å². The van der Waals surface area contributed by atoms with Gasteiger partial charge in [0.25, 0.3) is 0 Å². The van der Waals surface area contributed by atoms with Gasteiger partial charge in [-0.15, -0.1) is 0 Å². The summed E-state index contributed by atoms with van der Waals surface area (Å²) in [5.74, 6) is -0.0470. The van der Waals surface area contributed by atoms with Crippen molar-refractivity contribution < 1.29 is 4.79 Å². The summed E-state index contributed by atoms with van der Waals surface area (Å²) in [7, 11) is 0. The van der Waals surface area contributed by atoms with Gasteiger partial charge in [0.2, 0.25) is 0 Å². The second-order valence-corrected chi connectivity index (χ2v) is 4.00. The third-order valence-electron chi connectivity index (χ3n) is 2.28. The largest absolute Gasteiger partial charge is 0.353 e. The molecule has 1 aromatic heterocycles. The summed E-state index contributed by atoms with van der Waals surface area (Å²) in [6.07, 6.45) is 1.61. The Kier molecular flexibility index (Phi) is 3.40. The average Bonchev–Trinajstić information content (AvgIpc) is 2.33. The van der Waals surface area contributed by atoms with Crippen molar-refractivity contribution in [1.29, 1.82) is 0 Å². The van der Waals surface area contributed by atoms with Crippen molar-refractivity contribution in [2.75, 3.05) is 5.32 Å². The molecule has 0 aliphatic carbocycles. The number of para-hydroxylation sites is 1. The van der Waals surface area contributed by atoms with E-state index in [1.54, 1.807) is 24.4 Å². The molecule has 2 aromatic rings. The molecule has 17 heavy (non-hydrogen) atoms. The zero-order valence-electron chi connectivity index (χ0n) is 9.27. The molecule has 86 valence electrons. The molecule has 0 radical (unpaired) electrons. The fraction of sp³-hybridized carbons (Fsp3) is 0.0769. The van der Waals surface area contributed by atoms with Crippen LogP contribution in [0.4, 0.5) is 11.4 Å². The van der Waals surface area contributed by atoms with Crippen LogP contribution in [0.1, 0.15) is 17.4 Å². The Hall–Kier alpha value is -1.87. The first-order valence-electron chi connectivity index (χ1n) is 5.15.